The highest BCUT2D eigenvalue weighted by molar-refractivity contribution is 8.03. The second-order valence-corrected chi connectivity index (χ2v) is 8.36. The predicted molar refractivity (Wildman–Crippen MR) is 81.9 cm³/mol. The van der Waals surface area contributed by atoms with E-state index in [0.29, 0.717) is 0 Å². The molecule has 0 radical (unpaired) electrons. The first-order chi connectivity index (χ1) is 8.79. The molecule has 3 nitrogen and oxygen atoms in total. The summed E-state index contributed by atoms with van der Waals surface area (Å²) in [4.78, 5) is 2.52. The maximum atomic E-state index is 4.23. The fraction of sp³-hybridized carbons (Fsp3) is 0.833. The molecule has 1 aliphatic rings. The van der Waals surface area contributed by atoms with Crippen LogP contribution in [0, 0.1) is 0 Å². The van der Waals surface area contributed by atoms with Crippen LogP contribution in [0.4, 0.5) is 0 Å². The summed E-state index contributed by atoms with van der Waals surface area (Å²) in [5, 5.41) is 8.42. The van der Waals surface area contributed by atoms with E-state index in [0.717, 1.165) is 20.5 Å². The van der Waals surface area contributed by atoms with Crippen molar-refractivity contribution >= 4 is 34.9 Å². The number of aromatic nitrogens is 2. The molecule has 2 rings (SSSR count). The molecule has 1 fully saturated rings. The Hall–Kier alpha value is 0.220. The van der Waals surface area contributed by atoms with E-state index >= 15 is 0 Å². The Bertz CT molecular complexity index is 356. The maximum Gasteiger partial charge on any atom is 0.175 e. The van der Waals surface area contributed by atoms with E-state index in [4.69, 9.17) is 0 Å². The van der Waals surface area contributed by atoms with Crippen LogP contribution in [-0.4, -0.2) is 46.2 Å². The van der Waals surface area contributed by atoms with Crippen LogP contribution in [0.25, 0.3) is 0 Å². The molecule has 1 aromatic rings. The van der Waals surface area contributed by atoms with Crippen molar-refractivity contribution in [1.82, 2.24) is 15.1 Å². The Morgan fingerprint density at radius 1 is 1.28 bits per heavy atom. The zero-order valence-corrected chi connectivity index (χ0v) is 13.5. The van der Waals surface area contributed by atoms with E-state index in [1.54, 1.807) is 23.1 Å². The van der Waals surface area contributed by atoms with Crippen LogP contribution in [0.1, 0.15) is 32.6 Å². The molecule has 0 spiro atoms. The molecule has 1 saturated heterocycles. The van der Waals surface area contributed by atoms with Crippen LogP contribution in [0.15, 0.2) is 8.68 Å². The molecular weight excluding hydrogens is 282 g/mol. The lowest BCUT2D eigenvalue weighted by molar-refractivity contribution is 0.182. The van der Waals surface area contributed by atoms with Crippen LogP contribution >= 0.6 is 34.9 Å². The minimum atomic E-state index is 0.781. The van der Waals surface area contributed by atoms with Crippen LogP contribution in [-0.2, 0) is 0 Å². The molecule has 18 heavy (non-hydrogen) atoms. The summed E-state index contributed by atoms with van der Waals surface area (Å²) in [7, 11) is 2.26. The molecule has 1 aliphatic heterocycles. The van der Waals surface area contributed by atoms with E-state index < -0.39 is 0 Å². The molecule has 2 heterocycles. The largest absolute Gasteiger partial charge is 0.303 e. The van der Waals surface area contributed by atoms with E-state index in [-0.39, 0.29) is 0 Å². The Kier molecular flexibility index (Phi) is 6.28. The topological polar surface area (TPSA) is 29.0 Å². The monoisotopic (exact) mass is 303 g/mol. The summed E-state index contributed by atoms with van der Waals surface area (Å²) in [6, 6.07) is 0.781. The summed E-state index contributed by atoms with van der Waals surface area (Å²) in [6.07, 6.45) is 5.41. The van der Waals surface area contributed by atoms with Gasteiger partial charge in [0.1, 0.15) is 0 Å². The Morgan fingerprint density at radius 3 is 2.78 bits per heavy atom. The van der Waals surface area contributed by atoms with Crippen molar-refractivity contribution in [2.45, 2.75) is 47.3 Å². The zero-order chi connectivity index (χ0) is 12.8. The number of rotatable bonds is 6. The molecule has 1 atom stereocenters. The van der Waals surface area contributed by atoms with Crippen molar-refractivity contribution in [2.24, 2.45) is 0 Å². The Morgan fingerprint density at radius 2 is 2.06 bits per heavy atom. The van der Waals surface area contributed by atoms with Gasteiger partial charge in [-0.2, -0.15) is 0 Å². The number of hydrogen-bond acceptors (Lipinski definition) is 6. The van der Waals surface area contributed by atoms with Crippen LogP contribution < -0.4 is 0 Å². The summed E-state index contributed by atoms with van der Waals surface area (Å²) in [5.41, 5.74) is 0. The van der Waals surface area contributed by atoms with E-state index in [9.17, 15) is 0 Å². The van der Waals surface area contributed by atoms with Gasteiger partial charge in [-0.3, -0.25) is 0 Å². The SMILES string of the molecule is CCSc1nnc(SCCC2CCCCN2C)s1. The van der Waals surface area contributed by atoms with Crippen molar-refractivity contribution in [1.29, 1.82) is 0 Å². The average Bonchev–Trinajstić information content (AvgIpc) is 2.80. The average molecular weight is 304 g/mol. The highest BCUT2D eigenvalue weighted by atomic mass is 32.2. The fourth-order valence-corrected chi connectivity index (χ4v) is 5.26. The zero-order valence-electron chi connectivity index (χ0n) is 11.1. The summed E-state index contributed by atoms with van der Waals surface area (Å²) >= 11 is 5.38. The number of piperidine rings is 1. The summed E-state index contributed by atoms with van der Waals surface area (Å²) < 4.78 is 2.24. The molecule has 0 amide bonds. The third kappa shape index (κ3) is 4.40. The van der Waals surface area contributed by atoms with Gasteiger partial charge < -0.3 is 4.90 Å². The van der Waals surface area contributed by atoms with Gasteiger partial charge in [-0.05, 0) is 38.6 Å². The van der Waals surface area contributed by atoms with Gasteiger partial charge in [0.05, 0.1) is 0 Å². The minimum Gasteiger partial charge on any atom is -0.303 e. The van der Waals surface area contributed by atoms with Gasteiger partial charge in [-0.15, -0.1) is 10.2 Å². The van der Waals surface area contributed by atoms with Crippen molar-refractivity contribution in [3.63, 3.8) is 0 Å². The maximum absolute atomic E-state index is 4.23. The third-order valence-electron chi connectivity index (χ3n) is 3.25. The van der Waals surface area contributed by atoms with Gasteiger partial charge in [-0.25, -0.2) is 0 Å². The normalized spacial score (nSPS) is 21.3. The van der Waals surface area contributed by atoms with Gasteiger partial charge in [-0.1, -0.05) is 48.2 Å². The van der Waals surface area contributed by atoms with Crippen molar-refractivity contribution in [3.05, 3.63) is 0 Å². The smallest absolute Gasteiger partial charge is 0.175 e. The molecule has 0 aliphatic carbocycles. The highest BCUT2D eigenvalue weighted by Crippen LogP contribution is 2.30. The molecular formula is C12H21N3S3. The van der Waals surface area contributed by atoms with Gasteiger partial charge in [0.2, 0.25) is 0 Å². The number of nitrogens with zero attached hydrogens (tertiary/aromatic N) is 3. The molecule has 0 N–H and O–H groups in total. The van der Waals surface area contributed by atoms with Crippen LogP contribution in [0.3, 0.4) is 0 Å². The molecule has 0 aromatic carbocycles. The van der Waals surface area contributed by atoms with Crippen molar-refractivity contribution in [2.75, 3.05) is 25.1 Å². The quantitative estimate of drug-likeness (QED) is 0.749. The van der Waals surface area contributed by atoms with E-state index in [1.165, 1.54) is 38.0 Å². The molecule has 1 aromatic heterocycles. The van der Waals surface area contributed by atoms with E-state index in [1.807, 2.05) is 11.8 Å². The second kappa shape index (κ2) is 7.72. The molecule has 6 heteroatoms. The summed E-state index contributed by atoms with van der Waals surface area (Å²) in [6.45, 7) is 3.42. The van der Waals surface area contributed by atoms with Gasteiger partial charge in [0.25, 0.3) is 0 Å². The lowest BCUT2D eigenvalue weighted by Crippen LogP contribution is -2.36. The lowest BCUT2D eigenvalue weighted by atomic mass is 10.0. The molecule has 102 valence electrons. The summed E-state index contributed by atoms with van der Waals surface area (Å²) in [5.74, 6) is 2.24. The second-order valence-electron chi connectivity index (χ2n) is 4.53. The first-order valence-electron chi connectivity index (χ1n) is 6.59. The first kappa shape index (κ1) is 14.6. The lowest BCUT2D eigenvalue weighted by Gasteiger charge is -2.32. The van der Waals surface area contributed by atoms with Crippen LogP contribution in [0.2, 0.25) is 0 Å². The third-order valence-corrected chi connectivity index (χ3v) is 6.36. The Balaban J connectivity index is 1.70. The molecule has 1 unspecified atom stereocenters. The number of thioether (sulfide) groups is 2. The molecule has 0 saturated carbocycles. The standard InChI is InChI=1S/C12H21N3S3/c1-3-16-11-13-14-12(18-11)17-9-7-10-6-4-5-8-15(10)2/h10H,3-9H2,1-2H3. The fourth-order valence-electron chi connectivity index (χ4n) is 2.23. The Labute approximate surface area is 122 Å². The van der Waals surface area contributed by atoms with Crippen LogP contribution in [0.5, 0.6) is 0 Å². The molecule has 0 bridgehead atoms. The highest BCUT2D eigenvalue weighted by Gasteiger charge is 2.18. The van der Waals surface area contributed by atoms with Gasteiger partial charge in [0.15, 0.2) is 8.68 Å². The van der Waals surface area contributed by atoms with E-state index in [2.05, 4.69) is 29.1 Å². The number of likely N-dealkylation sites (tertiary alicyclic amines) is 1. The minimum absolute atomic E-state index is 0.781. The number of hydrogen-bond donors (Lipinski definition) is 0. The van der Waals surface area contributed by atoms with Gasteiger partial charge in [0, 0.05) is 11.8 Å². The van der Waals surface area contributed by atoms with Crippen molar-refractivity contribution in [3.8, 4) is 0 Å². The predicted octanol–water partition coefficient (Wildman–Crippen LogP) is 3.62. The van der Waals surface area contributed by atoms with Gasteiger partial charge >= 0.3 is 0 Å². The van der Waals surface area contributed by atoms with Crippen molar-refractivity contribution < 1.29 is 0 Å². The first-order valence-corrected chi connectivity index (χ1v) is 9.37.